The number of rotatable bonds is 8. The van der Waals surface area contributed by atoms with Crippen molar-refractivity contribution in [3.63, 3.8) is 0 Å². The third kappa shape index (κ3) is 7.70. The Bertz CT molecular complexity index is 501. The number of carbonyl (C=O) groups excluding carboxylic acids is 1. The second kappa shape index (κ2) is 9.78. The maximum Gasteiger partial charge on any atom is 0.314 e. The number of hydrogen-bond donors (Lipinski definition) is 3. The number of urea groups is 1. The molecular weight excluding hydrogens is 360 g/mol. The lowest BCUT2D eigenvalue weighted by Gasteiger charge is -2.20. The van der Waals surface area contributed by atoms with Crippen molar-refractivity contribution < 1.29 is 14.6 Å². The van der Waals surface area contributed by atoms with Gasteiger partial charge in [-0.3, -0.25) is 0 Å². The van der Waals surface area contributed by atoms with Crippen LogP contribution in [-0.2, 0) is 5.41 Å². The van der Waals surface area contributed by atoms with E-state index in [1.165, 1.54) is 5.56 Å². The molecule has 0 bridgehead atoms. The number of hydrogen-bond acceptors (Lipinski definition) is 3. The molecular formula is C17H27BrN2O3. The van der Waals surface area contributed by atoms with Crippen molar-refractivity contribution in [1.29, 1.82) is 0 Å². The second-order valence-electron chi connectivity index (χ2n) is 6.36. The van der Waals surface area contributed by atoms with Crippen LogP contribution in [0.15, 0.2) is 22.7 Å². The van der Waals surface area contributed by atoms with Crippen LogP contribution < -0.4 is 15.4 Å². The Hall–Kier alpha value is -1.27. The summed E-state index contributed by atoms with van der Waals surface area (Å²) in [7, 11) is 0. The lowest BCUT2D eigenvalue weighted by atomic mass is 9.87. The molecule has 0 aromatic heterocycles. The first-order valence-electron chi connectivity index (χ1n) is 7.90. The van der Waals surface area contributed by atoms with Gasteiger partial charge in [0.2, 0.25) is 0 Å². The molecule has 0 fully saturated rings. The predicted molar refractivity (Wildman–Crippen MR) is 96.1 cm³/mol. The van der Waals surface area contributed by atoms with E-state index in [0.717, 1.165) is 16.6 Å². The molecule has 23 heavy (non-hydrogen) atoms. The monoisotopic (exact) mass is 386 g/mol. The van der Waals surface area contributed by atoms with E-state index >= 15 is 0 Å². The molecule has 0 aliphatic carbocycles. The molecule has 1 aromatic rings. The van der Waals surface area contributed by atoms with Gasteiger partial charge < -0.3 is 20.5 Å². The van der Waals surface area contributed by atoms with Crippen LogP contribution in [-0.4, -0.2) is 37.4 Å². The van der Waals surface area contributed by atoms with Crippen LogP contribution in [0.5, 0.6) is 5.75 Å². The lowest BCUT2D eigenvalue weighted by Crippen LogP contribution is -2.37. The van der Waals surface area contributed by atoms with Crippen molar-refractivity contribution in [2.45, 2.75) is 39.0 Å². The molecule has 6 heteroatoms. The Morgan fingerprint density at radius 1 is 1.22 bits per heavy atom. The summed E-state index contributed by atoms with van der Waals surface area (Å²) in [5, 5.41) is 14.0. The first kappa shape index (κ1) is 19.8. The molecule has 0 saturated carbocycles. The number of ether oxygens (including phenoxy) is 1. The topological polar surface area (TPSA) is 70.6 Å². The van der Waals surface area contributed by atoms with E-state index in [1.54, 1.807) is 0 Å². The van der Waals surface area contributed by atoms with Crippen molar-refractivity contribution in [2.24, 2.45) is 0 Å². The number of aliphatic hydroxyl groups excluding tert-OH is 1. The van der Waals surface area contributed by atoms with Gasteiger partial charge >= 0.3 is 6.03 Å². The largest absolute Gasteiger partial charge is 0.492 e. The summed E-state index contributed by atoms with van der Waals surface area (Å²) < 4.78 is 6.68. The van der Waals surface area contributed by atoms with Crippen molar-refractivity contribution in [3.8, 4) is 5.75 Å². The second-order valence-corrected chi connectivity index (χ2v) is 7.21. The van der Waals surface area contributed by atoms with Gasteiger partial charge in [-0.15, -0.1) is 0 Å². The quantitative estimate of drug-likeness (QED) is 0.600. The van der Waals surface area contributed by atoms with Gasteiger partial charge in [-0.1, -0.05) is 26.8 Å². The van der Waals surface area contributed by atoms with Gasteiger partial charge in [0.25, 0.3) is 0 Å². The third-order valence-corrected chi connectivity index (χ3v) is 3.90. The minimum Gasteiger partial charge on any atom is -0.492 e. The molecule has 2 amide bonds. The van der Waals surface area contributed by atoms with E-state index < -0.39 is 0 Å². The Morgan fingerprint density at radius 2 is 1.87 bits per heavy atom. The predicted octanol–water partition coefficient (Wildman–Crippen LogP) is 3.20. The normalized spacial score (nSPS) is 11.2. The summed E-state index contributed by atoms with van der Waals surface area (Å²) in [6.45, 7) is 8.15. The molecule has 130 valence electrons. The third-order valence-electron chi connectivity index (χ3n) is 3.28. The van der Waals surface area contributed by atoms with Crippen LogP contribution in [0.1, 0.15) is 39.2 Å². The fourth-order valence-electron chi connectivity index (χ4n) is 1.88. The minimum absolute atomic E-state index is 0.0804. The van der Waals surface area contributed by atoms with Gasteiger partial charge in [0.15, 0.2) is 0 Å². The Morgan fingerprint density at radius 3 is 2.43 bits per heavy atom. The molecule has 0 heterocycles. The van der Waals surface area contributed by atoms with Crippen LogP contribution >= 0.6 is 15.9 Å². The van der Waals surface area contributed by atoms with Gasteiger partial charge in [-0.25, -0.2) is 4.79 Å². The van der Waals surface area contributed by atoms with Crippen molar-refractivity contribution in [1.82, 2.24) is 10.6 Å². The molecule has 0 radical (unpaired) electrons. The van der Waals surface area contributed by atoms with Crippen LogP contribution in [0, 0.1) is 0 Å². The average molecular weight is 387 g/mol. The maximum atomic E-state index is 11.4. The van der Waals surface area contributed by atoms with E-state index in [4.69, 9.17) is 9.84 Å². The van der Waals surface area contributed by atoms with E-state index in [-0.39, 0.29) is 18.1 Å². The molecule has 0 atom stereocenters. The molecule has 0 aliphatic rings. The summed E-state index contributed by atoms with van der Waals surface area (Å²) in [6.07, 6.45) is 1.29. The van der Waals surface area contributed by atoms with Crippen molar-refractivity contribution in [3.05, 3.63) is 28.2 Å². The van der Waals surface area contributed by atoms with E-state index in [2.05, 4.69) is 59.5 Å². The number of carbonyl (C=O) groups is 1. The van der Waals surface area contributed by atoms with Crippen molar-refractivity contribution >= 4 is 22.0 Å². The highest BCUT2D eigenvalue weighted by Crippen LogP contribution is 2.31. The standard InChI is InChI=1S/C17H27BrN2O3/c1-17(2,3)13-6-7-15(14(18)12-13)23-11-5-9-20-16(22)19-8-4-10-21/h6-7,12,21H,4-5,8-11H2,1-3H3,(H2,19,20,22). The van der Waals surface area contributed by atoms with Gasteiger partial charge in [0, 0.05) is 19.7 Å². The van der Waals surface area contributed by atoms with Crippen LogP contribution in [0.3, 0.4) is 0 Å². The molecule has 1 aromatic carbocycles. The number of aliphatic hydroxyl groups is 1. The minimum atomic E-state index is -0.214. The van der Waals surface area contributed by atoms with Gasteiger partial charge in [0.05, 0.1) is 11.1 Å². The molecule has 1 rings (SSSR count). The molecule has 3 N–H and O–H groups in total. The zero-order chi connectivity index (χ0) is 17.3. The van der Waals surface area contributed by atoms with Gasteiger partial charge in [-0.2, -0.15) is 0 Å². The lowest BCUT2D eigenvalue weighted by molar-refractivity contribution is 0.236. The zero-order valence-corrected chi connectivity index (χ0v) is 15.7. The Balaban J connectivity index is 2.27. The maximum absolute atomic E-state index is 11.4. The highest BCUT2D eigenvalue weighted by molar-refractivity contribution is 9.10. The molecule has 5 nitrogen and oxygen atoms in total. The number of benzene rings is 1. The fraction of sp³-hybridized carbons (Fsp3) is 0.588. The van der Waals surface area contributed by atoms with Crippen LogP contribution in [0.25, 0.3) is 0 Å². The summed E-state index contributed by atoms with van der Waals surface area (Å²) in [5.74, 6) is 0.811. The van der Waals surface area contributed by atoms with E-state index in [1.807, 2.05) is 6.07 Å². The molecule has 0 aliphatic heterocycles. The van der Waals surface area contributed by atoms with Crippen LogP contribution in [0.2, 0.25) is 0 Å². The van der Waals surface area contributed by atoms with Gasteiger partial charge in [0.1, 0.15) is 5.75 Å². The summed E-state index contributed by atoms with van der Waals surface area (Å²) >= 11 is 3.54. The van der Waals surface area contributed by atoms with Crippen LogP contribution in [0.4, 0.5) is 4.79 Å². The first-order chi connectivity index (χ1) is 10.8. The summed E-state index contributed by atoms with van der Waals surface area (Å²) in [6, 6.07) is 5.92. The number of nitrogens with one attached hydrogen (secondary N) is 2. The smallest absolute Gasteiger partial charge is 0.314 e. The molecule has 0 spiro atoms. The van der Waals surface area contributed by atoms with E-state index in [0.29, 0.717) is 26.1 Å². The molecule has 0 unspecified atom stereocenters. The highest BCUT2D eigenvalue weighted by Gasteiger charge is 2.15. The number of amides is 2. The average Bonchev–Trinajstić information content (AvgIpc) is 2.47. The van der Waals surface area contributed by atoms with Crippen molar-refractivity contribution in [2.75, 3.05) is 26.3 Å². The Labute approximate surface area is 146 Å². The summed E-state index contributed by atoms with van der Waals surface area (Å²) in [5.41, 5.74) is 1.35. The zero-order valence-electron chi connectivity index (χ0n) is 14.1. The molecule has 0 saturated heterocycles. The SMILES string of the molecule is CC(C)(C)c1ccc(OCCCNC(=O)NCCCO)c(Br)c1. The summed E-state index contributed by atoms with van der Waals surface area (Å²) in [4.78, 5) is 11.4. The number of halogens is 1. The first-order valence-corrected chi connectivity index (χ1v) is 8.69. The van der Waals surface area contributed by atoms with Gasteiger partial charge in [-0.05, 0) is 51.9 Å². The Kier molecular flexibility index (Phi) is 8.41. The van der Waals surface area contributed by atoms with E-state index in [9.17, 15) is 4.79 Å². The fourth-order valence-corrected chi connectivity index (χ4v) is 2.38. The highest BCUT2D eigenvalue weighted by atomic mass is 79.9.